The van der Waals surface area contributed by atoms with Gasteiger partial charge in [0.05, 0.1) is 17.7 Å². The molecule has 1 nitrogen and oxygen atoms in total. The molecule has 0 saturated heterocycles. The van der Waals surface area contributed by atoms with Crippen LogP contribution >= 0.6 is 0 Å². The Morgan fingerprint density at radius 1 is 1.19 bits per heavy atom. The van der Waals surface area contributed by atoms with E-state index in [0.29, 0.717) is 5.92 Å². The molecule has 0 heterocycles. The van der Waals surface area contributed by atoms with Crippen molar-refractivity contribution >= 4 is 5.71 Å². The lowest BCUT2D eigenvalue weighted by Gasteiger charge is -2.20. The zero-order valence-electron chi connectivity index (χ0n) is 13.1. The maximum Gasteiger partial charge on any atom is 0.0746 e. The van der Waals surface area contributed by atoms with Crippen LogP contribution in [0.4, 0.5) is 0 Å². The van der Waals surface area contributed by atoms with Gasteiger partial charge in [-0.25, -0.2) is 0 Å². The number of hydrogen-bond acceptors (Lipinski definition) is 1. The molecule has 3 atom stereocenters. The lowest BCUT2D eigenvalue weighted by atomic mass is 9.94. The summed E-state index contributed by atoms with van der Waals surface area (Å²) in [7, 11) is 0. The molecule has 21 heavy (non-hydrogen) atoms. The summed E-state index contributed by atoms with van der Waals surface area (Å²) < 4.78 is 0. The van der Waals surface area contributed by atoms with E-state index in [2.05, 4.69) is 81.2 Å². The normalized spacial score (nSPS) is 22.5. The fourth-order valence-electron chi connectivity index (χ4n) is 2.40. The Labute approximate surface area is 128 Å². The number of benzene rings is 1. The van der Waals surface area contributed by atoms with Gasteiger partial charge in [-0.05, 0) is 12.5 Å². The predicted molar refractivity (Wildman–Crippen MR) is 91.4 cm³/mol. The topological polar surface area (TPSA) is 12.4 Å². The monoisotopic (exact) mass is 277 g/mol. The summed E-state index contributed by atoms with van der Waals surface area (Å²) in [5.74, 6) is 7.08. The van der Waals surface area contributed by atoms with Crippen LogP contribution in [0.15, 0.2) is 59.6 Å². The van der Waals surface area contributed by atoms with Crippen molar-refractivity contribution in [3.8, 4) is 11.8 Å². The van der Waals surface area contributed by atoms with E-state index < -0.39 is 0 Å². The molecule has 0 amide bonds. The Kier molecular flexibility index (Phi) is 5.58. The average Bonchev–Trinajstić information content (AvgIpc) is 2.52. The van der Waals surface area contributed by atoms with E-state index in [4.69, 9.17) is 4.99 Å². The first kappa shape index (κ1) is 15.3. The SMILES string of the molecule is CCC#CC(C)C(=NC1C=CC=CC1C)c1ccccc1. The maximum atomic E-state index is 5.02. The third kappa shape index (κ3) is 4.20. The Bertz CT molecular complexity index is 596. The smallest absolute Gasteiger partial charge is 0.0746 e. The first-order chi connectivity index (χ1) is 10.2. The number of allylic oxidation sites excluding steroid dienone is 2. The fourth-order valence-corrected chi connectivity index (χ4v) is 2.40. The summed E-state index contributed by atoms with van der Waals surface area (Å²) in [5.41, 5.74) is 2.26. The Morgan fingerprint density at radius 3 is 2.57 bits per heavy atom. The molecular formula is C20H23N. The molecule has 2 rings (SSSR count). The molecule has 0 spiro atoms. The summed E-state index contributed by atoms with van der Waals surface area (Å²) in [6.07, 6.45) is 9.44. The molecule has 1 aromatic rings. The van der Waals surface area contributed by atoms with Gasteiger partial charge in [0.15, 0.2) is 0 Å². The van der Waals surface area contributed by atoms with Crippen LogP contribution < -0.4 is 0 Å². The van der Waals surface area contributed by atoms with Crippen LogP contribution in [-0.4, -0.2) is 11.8 Å². The van der Waals surface area contributed by atoms with E-state index in [1.54, 1.807) is 0 Å². The Morgan fingerprint density at radius 2 is 1.90 bits per heavy atom. The van der Waals surface area contributed by atoms with Crippen LogP contribution in [0.2, 0.25) is 0 Å². The number of rotatable bonds is 3. The molecule has 0 aromatic heterocycles. The van der Waals surface area contributed by atoms with E-state index in [9.17, 15) is 0 Å². The second-order valence-corrected chi connectivity index (χ2v) is 5.40. The molecule has 0 radical (unpaired) electrons. The van der Waals surface area contributed by atoms with Crippen LogP contribution in [0.1, 0.15) is 32.8 Å². The first-order valence-corrected chi connectivity index (χ1v) is 7.69. The van der Waals surface area contributed by atoms with Gasteiger partial charge in [0, 0.05) is 12.3 Å². The van der Waals surface area contributed by atoms with E-state index in [1.165, 1.54) is 5.56 Å². The van der Waals surface area contributed by atoms with Crippen LogP contribution in [0.5, 0.6) is 0 Å². The third-order valence-electron chi connectivity index (χ3n) is 3.64. The molecule has 108 valence electrons. The second kappa shape index (κ2) is 7.64. The van der Waals surface area contributed by atoms with Crippen molar-refractivity contribution in [1.29, 1.82) is 0 Å². The van der Waals surface area contributed by atoms with Crippen molar-refractivity contribution in [2.24, 2.45) is 16.8 Å². The highest BCUT2D eigenvalue weighted by Gasteiger charge is 2.17. The highest BCUT2D eigenvalue weighted by atomic mass is 14.8. The summed E-state index contributed by atoms with van der Waals surface area (Å²) in [6, 6.07) is 10.6. The molecule has 3 unspecified atom stereocenters. The molecule has 1 aliphatic rings. The molecule has 0 fully saturated rings. The molecule has 1 aliphatic carbocycles. The highest BCUT2D eigenvalue weighted by molar-refractivity contribution is 6.03. The Balaban J connectivity index is 2.36. The van der Waals surface area contributed by atoms with Gasteiger partial charge in [-0.1, -0.05) is 74.4 Å². The minimum atomic E-state index is 0.152. The summed E-state index contributed by atoms with van der Waals surface area (Å²) >= 11 is 0. The van der Waals surface area contributed by atoms with Crippen LogP contribution in [0, 0.1) is 23.7 Å². The standard InChI is InChI=1S/C20H23N/c1-4-5-11-17(3)20(18-13-7-6-8-14-18)21-19-15-10-9-12-16(19)2/h6-10,12-17,19H,4H2,1-3H3. The van der Waals surface area contributed by atoms with Crippen LogP contribution in [0.25, 0.3) is 0 Å². The number of nitrogens with zero attached hydrogens (tertiary/aromatic N) is 1. The van der Waals surface area contributed by atoms with Crippen LogP contribution in [0.3, 0.4) is 0 Å². The number of aliphatic imine (C=N–C) groups is 1. The van der Waals surface area contributed by atoms with Crippen LogP contribution in [-0.2, 0) is 0 Å². The third-order valence-corrected chi connectivity index (χ3v) is 3.64. The van der Waals surface area contributed by atoms with E-state index in [1.807, 2.05) is 6.07 Å². The number of hydrogen-bond donors (Lipinski definition) is 0. The van der Waals surface area contributed by atoms with Gasteiger partial charge in [-0.15, -0.1) is 5.92 Å². The average molecular weight is 277 g/mol. The summed E-state index contributed by atoms with van der Waals surface area (Å²) in [4.78, 5) is 5.02. The van der Waals surface area contributed by atoms with Gasteiger partial charge in [0.25, 0.3) is 0 Å². The highest BCUT2D eigenvalue weighted by Crippen LogP contribution is 2.19. The molecular weight excluding hydrogens is 254 g/mol. The fraction of sp³-hybridized carbons (Fsp3) is 0.350. The first-order valence-electron chi connectivity index (χ1n) is 7.69. The van der Waals surface area contributed by atoms with Gasteiger partial charge in [-0.2, -0.15) is 0 Å². The predicted octanol–water partition coefficient (Wildman–Crippen LogP) is 4.66. The van der Waals surface area contributed by atoms with E-state index in [-0.39, 0.29) is 12.0 Å². The van der Waals surface area contributed by atoms with Crippen molar-refractivity contribution in [2.45, 2.75) is 33.2 Å². The zero-order chi connectivity index (χ0) is 15.1. The van der Waals surface area contributed by atoms with Crippen molar-refractivity contribution in [2.75, 3.05) is 0 Å². The summed E-state index contributed by atoms with van der Waals surface area (Å²) in [6.45, 7) is 6.43. The van der Waals surface area contributed by atoms with Gasteiger partial charge in [-0.3, -0.25) is 4.99 Å². The lowest BCUT2D eigenvalue weighted by molar-refractivity contribution is 0.624. The van der Waals surface area contributed by atoms with Gasteiger partial charge in [0.2, 0.25) is 0 Å². The lowest BCUT2D eigenvalue weighted by Crippen LogP contribution is -2.20. The van der Waals surface area contributed by atoms with Gasteiger partial charge >= 0.3 is 0 Å². The van der Waals surface area contributed by atoms with Gasteiger partial charge in [0.1, 0.15) is 0 Å². The van der Waals surface area contributed by atoms with Crippen molar-refractivity contribution in [1.82, 2.24) is 0 Å². The Hall–Kier alpha value is -2.07. The van der Waals surface area contributed by atoms with E-state index in [0.717, 1.165) is 12.1 Å². The molecule has 1 aromatic carbocycles. The van der Waals surface area contributed by atoms with Crippen molar-refractivity contribution in [3.05, 3.63) is 60.2 Å². The quantitative estimate of drug-likeness (QED) is 0.563. The van der Waals surface area contributed by atoms with Gasteiger partial charge < -0.3 is 0 Å². The molecule has 0 N–H and O–H groups in total. The molecule has 0 aliphatic heterocycles. The largest absolute Gasteiger partial charge is 0.280 e. The second-order valence-electron chi connectivity index (χ2n) is 5.40. The zero-order valence-corrected chi connectivity index (χ0v) is 13.1. The maximum absolute atomic E-state index is 5.02. The summed E-state index contributed by atoms with van der Waals surface area (Å²) in [5, 5.41) is 0. The molecule has 0 bridgehead atoms. The molecule has 0 saturated carbocycles. The minimum absolute atomic E-state index is 0.152. The van der Waals surface area contributed by atoms with Crippen molar-refractivity contribution < 1.29 is 0 Å². The molecule has 1 heteroatoms. The van der Waals surface area contributed by atoms with Crippen molar-refractivity contribution in [3.63, 3.8) is 0 Å². The minimum Gasteiger partial charge on any atom is -0.280 e. The van der Waals surface area contributed by atoms with E-state index >= 15 is 0 Å².